The Bertz CT molecular complexity index is 270. The van der Waals surface area contributed by atoms with Crippen LogP contribution in [-0.2, 0) is 19.1 Å². The zero-order valence-electron chi connectivity index (χ0n) is 10.3. The molecule has 0 unspecified atom stereocenters. The smallest absolute Gasteiger partial charge is 0.309 e. The zero-order valence-corrected chi connectivity index (χ0v) is 10.3. The molecule has 1 aliphatic rings. The van der Waals surface area contributed by atoms with Gasteiger partial charge in [0.2, 0.25) is 0 Å². The number of carbonyl (C=O) groups excluding carboxylic acids is 1. The Morgan fingerprint density at radius 3 is 2.17 bits per heavy atom. The Balaban J connectivity index is 2.14. The standard InChI is InChI=1S/C12H20O6/c13-5-6-17-7-8-18-12(16)10-3-1-9(2-4-10)11(14)15/h9-10,13H,1-8H2,(H,14,15). The number of carboxylic acid groups (broad SMARTS) is 1. The van der Waals surface area contributed by atoms with E-state index in [4.69, 9.17) is 19.7 Å². The molecular formula is C12H20O6. The molecule has 0 aromatic rings. The van der Waals surface area contributed by atoms with Crippen molar-refractivity contribution in [3.8, 4) is 0 Å². The Labute approximate surface area is 106 Å². The summed E-state index contributed by atoms with van der Waals surface area (Å²) < 4.78 is 9.99. The van der Waals surface area contributed by atoms with Crippen LogP contribution in [0.4, 0.5) is 0 Å². The number of aliphatic hydroxyl groups excluding tert-OH is 1. The van der Waals surface area contributed by atoms with Gasteiger partial charge in [0, 0.05) is 0 Å². The average Bonchev–Trinajstić information content (AvgIpc) is 2.38. The molecule has 2 N–H and O–H groups in total. The molecule has 0 amide bonds. The second kappa shape index (κ2) is 8.05. The summed E-state index contributed by atoms with van der Waals surface area (Å²) in [5.74, 6) is -1.55. The minimum absolute atomic E-state index is 0.0485. The lowest BCUT2D eigenvalue weighted by molar-refractivity contribution is -0.154. The van der Waals surface area contributed by atoms with Crippen LogP contribution >= 0.6 is 0 Å². The van der Waals surface area contributed by atoms with Gasteiger partial charge in [-0.15, -0.1) is 0 Å². The van der Waals surface area contributed by atoms with E-state index in [-0.39, 0.29) is 44.2 Å². The van der Waals surface area contributed by atoms with Gasteiger partial charge in [-0.3, -0.25) is 9.59 Å². The fourth-order valence-corrected chi connectivity index (χ4v) is 2.06. The molecule has 1 aliphatic carbocycles. The van der Waals surface area contributed by atoms with Crippen LogP contribution in [0.15, 0.2) is 0 Å². The summed E-state index contributed by atoms with van der Waals surface area (Å²) in [5, 5.41) is 17.3. The molecule has 0 heterocycles. The van der Waals surface area contributed by atoms with E-state index in [1.807, 2.05) is 0 Å². The molecule has 18 heavy (non-hydrogen) atoms. The number of carboxylic acids is 1. The maximum Gasteiger partial charge on any atom is 0.309 e. The second-order valence-electron chi connectivity index (χ2n) is 4.39. The summed E-state index contributed by atoms with van der Waals surface area (Å²) in [6, 6.07) is 0. The third kappa shape index (κ3) is 5.01. The molecule has 1 rings (SSSR count). The molecule has 1 saturated carbocycles. The van der Waals surface area contributed by atoms with E-state index in [1.54, 1.807) is 0 Å². The molecule has 0 atom stereocenters. The molecule has 0 bridgehead atoms. The molecule has 0 saturated heterocycles. The molecule has 0 radical (unpaired) electrons. The van der Waals surface area contributed by atoms with Crippen molar-refractivity contribution in [1.29, 1.82) is 0 Å². The summed E-state index contributed by atoms with van der Waals surface area (Å²) in [7, 11) is 0. The molecule has 0 aromatic heterocycles. The first-order chi connectivity index (χ1) is 8.65. The quantitative estimate of drug-likeness (QED) is 0.509. The Hall–Kier alpha value is -1.14. The van der Waals surface area contributed by atoms with Crippen LogP contribution in [0.3, 0.4) is 0 Å². The van der Waals surface area contributed by atoms with Crippen molar-refractivity contribution in [2.45, 2.75) is 25.7 Å². The molecule has 6 heteroatoms. The number of rotatable bonds is 7. The highest BCUT2D eigenvalue weighted by Crippen LogP contribution is 2.29. The van der Waals surface area contributed by atoms with Gasteiger partial charge in [-0.25, -0.2) is 0 Å². The maximum atomic E-state index is 11.6. The minimum Gasteiger partial charge on any atom is -0.481 e. The average molecular weight is 260 g/mol. The van der Waals surface area contributed by atoms with Gasteiger partial charge < -0.3 is 19.7 Å². The predicted octanol–water partition coefficient (Wildman–Crippen LogP) is 0.429. The third-order valence-electron chi connectivity index (χ3n) is 3.12. The highest BCUT2D eigenvalue weighted by Gasteiger charge is 2.30. The van der Waals surface area contributed by atoms with Crippen LogP contribution in [0.5, 0.6) is 0 Å². The number of aliphatic carboxylic acids is 1. The van der Waals surface area contributed by atoms with Crippen molar-refractivity contribution in [1.82, 2.24) is 0 Å². The molecule has 0 aromatic carbocycles. The summed E-state index contributed by atoms with van der Waals surface area (Å²) in [5.41, 5.74) is 0. The van der Waals surface area contributed by atoms with Crippen LogP contribution in [0.2, 0.25) is 0 Å². The second-order valence-corrected chi connectivity index (χ2v) is 4.39. The lowest BCUT2D eigenvalue weighted by Crippen LogP contribution is -2.27. The fourth-order valence-electron chi connectivity index (χ4n) is 2.06. The molecule has 1 fully saturated rings. The summed E-state index contributed by atoms with van der Waals surface area (Å²) >= 11 is 0. The first kappa shape index (κ1) is 14.9. The summed E-state index contributed by atoms with van der Waals surface area (Å²) in [6.45, 7) is 0.642. The molecule has 0 spiro atoms. The number of esters is 1. The van der Waals surface area contributed by atoms with E-state index in [1.165, 1.54) is 0 Å². The number of hydrogen-bond donors (Lipinski definition) is 2. The number of hydrogen-bond acceptors (Lipinski definition) is 5. The van der Waals surface area contributed by atoms with Gasteiger partial charge in [0.05, 0.1) is 31.7 Å². The maximum absolute atomic E-state index is 11.6. The van der Waals surface area contributed by atoms with Crippen LogP contribution < -0.4 is 0 Å². The van der Waals surface area contributed by atoms with Gasteiger partial charge in [0.25, 0.3) is 0 Å². The van der Waals surface area contributed by atoms with Gasteiger partial charge in [-0.1, -0.05) is 0 Å². The number of ether oxygens (including phenoxy) is 2. The zero-order chi connectivity index (χ0) is 13.4. The van der Waals surface area contributed by atoms with Gasteiger partial charge in [0.15, 0.2) is 0 Å². The largest absolute Gasteiger partial charge is 0.481 e. The Kier molecular flexibility index (Phi) is 6.67. The topological polar surface area (TPSA) is 93.1 Å². The SMILES string of the molecule is O=C(O)C1CCC(C(=O)OCCOCCO)CC1. The normalized spacial score (nSPS) is 23.6. The summed E-state index contributed by atoms with van der Waals surface area (Å²) in [4.78, 5) is 22.4. The molecular weight excluding hydrogens is 240 g/mol. The van der Waals surface area contributed by atoms with E-state index < -0.39 is 5.97 Å². The van der Waals surface area contributed by atoms with Crippen molar-refractivity contribution in [3.63, 3.8) is 0 Å². The first-order valence-electron chi connectivity index (χ1n) is 6.23. The van der Waals surface area contributed by atoms with Crippen LogP contribution in [-0.4, -0.2) is 48.6 Å². The van der Waals surface area contributed by atoms with Crippen molar-refractivity contribution < 1.29 is 29.3 Å². The Morgan fingerprint density at radius 2 is 1.61 bits per heavy atom. The van der Waals surface area contributed by atoms with E-state index in [0.29, 0.717) is 25.7 Å². The first-order valence-corrected chi connectivity index (χ1v) is 6.23. The van der Waals surface area contributed by atoms with Crippen LogP contribution in [0.25, 0.3) is 0 Å². The highest BCUT2D eigenvalue weighted by molar-refractivity contribution is 5.74. The summed E-state index contributed by atoms with van der Waals surface area (Å²) in [6.07, 6.45) is 2.23. The lowest BCUT2D eigenvalue weighted by Gasteiger charge is -2.24. The third-order valence-corrected chi connectivity index (χ3v) is 3.12. The van der Waals surface area contributed by atoms with Crippen LogP contribution in [0, 0.1) is 11.8 Å². The van der Waals surface area contributed by atoms with Crippen LogP contribution in [0.1, 0.15) is 25.7 Å². The van der Waals surface area contributed by atoms with E-state index in [9.17, 15) is 9.59 Å². The van der Waals surface area contributed by atoms with Crippen molar-refractivity contribution >= 4 is 11.9 Å². The monoisotopic (exact) mass is 260 g/mol. The number of carbonyl (C=O) groups is 2. The molecule has 104 valence electrons. The van der Waals surface area contributed by atoms with E-state index >= 15 is 0 Å². The molecule has 6 nitrogen and oxygen atoms in total. The van der Waals surface area contributed by atoms with Gasteiger partial charge in [0.1, 0.15) is 6.61 Å². The fraction of sp³-hybridized carbons (Fsp3) is 0.833. The lowest BCUT2D eigenvalue weighted by atomic mass is 9.82. The van der Waals surface area contributed by atoms with E-state index in [0.717, 1.165) is 0 Å². The van der Waals surface area contributed by atoms with Crippen molar-refractivity contribution in [2.24, 2.45) is 11.8 Å². The Morgan fingerprint density at radius 1 is 1.00 bits per heavy atom. The predicted molar refractivity (Wildman–Crippen MR) is 61.9 cm³/mol. The van der Waals surface area contributed by atoms with Crippen molar-refractivity contribution in [3.05, 3.63) is 0 Å². The highest BCUT2D eigenvalue weighted by atomic mass is 16.6. The van der Waals surface area contributed by atoms with E-state index in [2.05, 4.69) is 0 Å². The van der Waals surface area contributed by atoms with Gasteiger partial charge in [-0.05, 0) is 25.7 Å². The minimum atomic E-state index is -0.778. The van der Waals surface area contributed by atoms with Crippen molar-refractivity contribution in [2.75, 3.05) is 26.4 Å². The van der Waals surface area contributed by atoms with Gasteiger partial charge in [-0.2, -0.15) is 0 Å². The van der Waals surface area contributed by atoms with Gasteiger partial charge >= 0.3 is 11.9 Å². The number of aliphatic hydroxyl groups is 1. The molecule has 0 aliphatic heterocycles.